The Bertz CT molecular complexity index is 619. The highest BCUT2D eigenvalue weighted by Gasteiger charge is 2.15. The lowest BCUT2D eigenvalue weighted by Gasteiger charge is -2.02. The van der Waals surface area contributed by atoms with Gasteiger partial charge in [0.15, 0.2) is 0 Å². The van der Waals surface area contributed by atoms with Crippen LogP contribution >= 0.6 is 0 Å². The number of benzene rings is 1. The van der Waals surface area contributed by atoms with Crippen LogP contribution in [0.1, 0.15) is 26.7 Å². The minimum atomic E-state index is -3.98. The van der Waals surface area contributed by atoms with Crippen LogP contribution < -0.4 is 0 Å². The van der Waals surface area contributed by atoms with Crippen molar-refractivity contribution in [1.29, 1.82) is 0 Å². The molecule has 0 saturated heterocycles. The van der Waals surface area contributed by atoms with Crippen molar-refractivity contribution in [2.45, 2.75) is 31.6 Å². The molecule has 1 aromatic rings. The molecule has 0 amide bonds. The van der Waals surface area contributed by atoms with Crippen molar-refractivity contribution >= 4 is 27.4 Å². The van der Waals surface area contributed by atoms with E-state index in [9.17, 15) is 18.0 Å². The first-order valence-corrected chi connectivity index (χ1v) is 7.25. The molecule has 7 heteroatoms. The zero-order chi connectivity index (χ0) is 15.2. The molecule has 0 aliphatic heterocycles. The topological polar surface area (TPSA) is 89.9 Å². The van der Waals surface area contributed by atoms with Crippen LogP contribution in [-0.4, -0.2) is 25.7 Å². The summed E-state index contributed by atoms with van der Waals surface area (Å²) in [5.41, 5.74) is 0.191. The Morgan fingerprint density at radius 1 is 1.10 bits per heavy atom. The number of carbonyl (C=O) groups is 2. The van der Waals surface area contributed by atoms with Gasteiger partial charge < -0.3 is 0 Å². The largest absolute Gasteiger partial charge is 0.358 e. The molecule has 0 N–H and O–H groups in total. The maximum absolute atomic E-state index is 11.7. The Morgan fingerprint density at radius 2 is 1.70 bits per heavy atom. The van der Waals surface area contributed by atoms with E-state index in [0.717, 1.165) is 0 Å². The summed E-state index contributed by atoms with van der Waals surface area (Å²) in [5, 5.41) is 3.42. The van der Waals surface area contributed by atoms with Gasteiger partial charge in [-0.15, -0.1) is 0 Å². The van der Waals surface area contributed by atoms with Crippen molar-refractivity contribution in [2.75, 3.05) is 0 Å². The maximum Gasteiger partial charge on any atom is 0.358 e. The summed E-state index contributed by atoms with van der Waals surface area (Å²) < 4.78 is 28.0. The van der Waals surface area contributed by atoms with E-state index in [4.69, 9.17) is 0 Å². The minimum Gasteiger partial charge on any atom is -0.300 e. The molecule has 0 fully saturated rings. The highest BCUT2D eigenvalue weighted by atomic mass is 32.2. The van der Waals surface area contributed by atoms with Crippen molar-refractivity contribution < 1.29 is 22.3 Å². The van der Waals surface area contributed by atoms with Crippen molar-refractivity contribution in [2.24, 2.45) is 5.16 Å². The van der Waals surface area contributed by atoms with Gasteiger partial charge >= 0.3 is 10.1 Å². The summed E-state index contributed by atoms with van der Waals surface area (Å²) in [6.07, 6.45) is -0.317. The van der Waals surface area contributed by atoms with E-state index in [0.29, 0.717) is 0 Å². The van der Waals surface area contributed by atoms with E-state index >= 15 is 0 Å². The van der Waals surface area contributed by atoms with Crippen LogP contribution in [0.25, 0.3) is 0 Å². The normalized spacial score (nSPS) is 12.0. The van der Waals surface area contributed by atoms with Gasteiger partial charge in [-0.25, -0.2) is 0 Å². The molecule has 20 heavy (non-hydrogen) atoms. The molecule has 0 radical (unpaired) electrons. The molecule has 0 spiro atoms. The summed E-state index contributed by atoms with van der Waals surface area (Å²) in [7, 11) is -3.98. The Kier molecular flexibility index (Phi) is 5.57. The molecule has 0 atom stereocenters. The molecule has 6 nitrogen and oxygen atoms in total. The molecule has 1 aromatic carbocycles. The highest BCUT2D eigenvalue weighted by Crippen LogP contribution is 2.11. The Labute approximate surface area is 117 Å². The first-order valence-electron chi connectivity index (χ1n) is 5.84. The summed E-state index contributed by atoms with van der Waals surface area (Å²) in [5.74, 6) is -0.583. The Morgan fingerprint density at radius 3 is 2.25 bits per heavy atom. The second kappa shape index (κ2) is 6.95. The van der Waals surface area contributed by atoms with Crippen LogP contribution in [0.3, 0.4) is 0 Å². The van der Waals surface area contributed by atoms with Crippen LogP contribution in [0.5, 0.6) is 0 Å². The number of hydrogen-bond donors (Lipinski definition) is 0. The van der Waals surface area contributed by atoms with Crippen LogP contribution in [0, 0.1) is 0 Å². The Balaban J connectivity index is 2.67. The third-order valence-electron chi connectivity index (χ3n) is 2.22. The van der Waals surface area contributed by atoms with Crippen molar-refractivity contribution in [3.8, 4) is 0 Å². The van der Waals surface area contributed by atoms with Crippen LogP contribution in [-0.2, 0) is 24.0 Å². The molecule has 108 valence electrons. The third-order valence-corrected chi connectivity index (χ3v) is 3.34. The van der Waals surface area contributed by atoms with E-state index in [1.54, 1.807) is 18.2 Å². The van der Waals surface area contributed by atoms with Crippen molar-refractivity contribution in [3.05, 3.63) is 30.3 Å². The number of ketones is 2. The number of carbonyl (C=O) groups excluding carboxylic acids is 2. The molecular formula is C13H15NO5S. The van der Waals surface area contributed by atoms with Crippen molar-refractivity contribution in [1.82, 2.24) is 0 Å². The number of nitrogens with zero attached hydrogens (tertiary/aromatic N) is 1. The quantitative estimate of drug-likeness (QED) is 0.434. The predicted molar refractivity (Wildman–Crippen MR) is 72.7 cm³/mol. The molecule has 1 rings (SSSR count). The van der Waals surface area contributed by atoms with Gasteiger partial charge in [0.1, 0.15) is 16.5 Å². The first-order chi connectivity index (χ1) is 9.31. The number of oxime groups is 1. The summed E-state index contributed by atoms with van der Waals surface area (Å²) in [4.78, 5) is 22.1. The molecule has 0 unspecified atom stereocenters. The molecule has 0 aromatic heterocycles. The van der Waals surface area contributed by atoms with Gasteiger partial charge in [-0.05, 0) is 26.0 Å². The van der Waals surface area contributed by atoms with Gasteiger partial charge in [0.2, 0.25) is 0 Å². The smallest absolute Gasteiger partial charge is 0.300 e. The number of rotatable bonds is 7. The summed E-state index contributed by atoms with van der Waals surface area (Å²) >= 11 is 0. The first kappa shape index (κ1) is 16.0. The lowest BCUT2D eigenvalue weighted by molar-refractivity contribution is -0.125. The SMILES string of the molecule is CC(=O)CC(=O)C/C(C)=N/OS(=O)(=O)c1ccccc1. The van der Waals surface area contributed by atoms with Gasteiger partial charge in [-0.1, -0.05) is 23.4 Å². The van der Waals surface area contributed by atoms with Crippen molar-refractivity contribution in [3.63, 3.8) is 0 Å². The third kappa shape index (κ3) is 5.31. The van der Waals surface area contributed by atoms with Gasteiger partial charge in [0.25, 0.3) is 0 Å². The zero-order valence-electron chi connectivity index (χ0n) is 11.2. The highest BCUT2D eigenvalue weighted by molar-refractivity contribution is 7.86. The fourth-order valence-electron chi connectivity index (χ4n) is 1.40. The van der Waals surface area contributed by atoms with Crippen LogP contribution in [0.15, 0.2) is 40.4 Å². The molecule has 0 heterocycles. The number of hydrogen-bond acceptors (Lipinski definition) is 6. The number of Topliss-reactive ketones (excluding diaryl/α,β-unsaturated/α-hetero) is 2. The minimum absolute atomic E-state index is 0.0217. The standard InChI is InChI=1S/C13H15NO5S/c1-10(8-12(16)9-11(2)15)14-19-20(17,18)13-6-4-3-5-7-13/h3-7H,8-9H2,1-2H3/b14-10+. The van der Waals surface area contributed by atoms with E-state index in [1.807, 2.05) is 0 Å². The molecule has 0 bridgehead atoms. The summed E-state index contributed by atoms with van der Waals surface area (Å²) in [6, 6.07) is 7.54. The van der Waals surface area contributed by atoms with Gasteiger partial charge in [-0.2, -0.15) is 8.42 Å². The second-order valence-corrected chi connectivity index (χ2v) is 5.79. The lowest BCUT2D eigenvalue weighted by Crippen LogP contribution is -2.10. The van der Waals surface area contributed by atoms with E-state index in [-0.39, 0.29) is 35.0 Å². The van der Waals surface area contributed by atoms with Crippen LogP contribution in [0.2, 0.25) is 0 Å². The molecule has 0 aliphatic rings. The van der Waals surface area contributed by atoms with E-state index in [2.05, 4.69) is 9.44 Å². The van der Waals surface area contributed by atoms with Crippen LogP contribution in [0.4, 0.5) is 0 Å². The van der Waals surface area contributed by atoms with E-state index < -0.39 is 10.1 Å². The van der Waals surface area contributed by atoms with Gasteiger partial charge in [-0.3, -0.25) is 13.9 Å². The molecular weight excluding hydrogens is 282 g/mol. The molecule has 0 aliphatic carbocycles. The fraction of sp³-hybridized carbons (Fsp3) is 0.308. The van der Waals surface area contributed by atoms with E-state index in [1.165, 1.54) is 26.0 Å². The Hall–Kier alpha value is -2.02. The predicted octanol–water partition coefficient (Wildman–Crippen LogP) is 1.71. The monoisotopic (exact) mass is 297 g/mol. The average molecular weight is 297 g/mol. The molecule has 0 saturated carbocycles. The lowest BCUT2D eigenvalue weighted by atomic mass is 10.1. The fourth-order valence-corrected chi connectivity index (χ4v) is 2.20. The second-order valence-electron chi connectivity index (χ2n) is 4.26. The maximum atomic E-state index is 11.7. The van der Waals surface area contributed by atoms with Gasteiger partial charge in [0.05, 0.1) is 12.1 Å². The zero-order valence-corrected chi connectivity index (χ0v) is 12.0. The average Bonchev–Trinajstić information content (AvgIpc) is 2.36. The van der Waals surface area contributed by atoms with Gasteiger partial charge in [0, 0.05) is 6.42 Å². The summed E-state index contributed by atoms with van der Waals surface area (Å²) in [6.45, 7) is 2.76.